The van der Waals surface area contributed by atoms with Gasteiger partial charge in [-0.3, -0.25) is 0 Å². The summed E-state index contributed by atoms with van der Waals surface area (Å²) < 4.78 is 0. The van der Waals surface area contributed by atoms with Crippen LogP contribution in [0.25, 0.3) is 0 Å². The van der Waals surface area contributed by atoms with Crippen LogP contribution in [0.15, 0.2) is 0 Å². The number of carboxylic acid groups (broad SMARTS) is 1. The third kappa shape index (κ3) is 5.94. The average molecular weight is 203 g/mol. The molecule has 1 atom stereocenters. The minimum absolute atomic E-state index is 0.106. The maximum Gasteiger partial charge on any atom is 0.336 e. The highest BCUT2D eigenvalue weighted by atomic mass is 16.4. The molecule has 84 valence electrons. The molecular weight excluding hydrogens is 182 g/mol. The quantitative estimate of drug-likeness (QED) is 0.515. The van der Waals surface area contributed by atoms with Gasteiger partial charge in [0.25, 0.3) is 0 Å². The molecule has 0 heterocycles. The number of carboxylic acids is 1. The largest absolute Gasteiger partial charge is 0.479 e. The molecule has 0 radical (unpaired) electrons. The zero-order valence-electron chi connectivity index (χ0n) is 9.05. The minimum atomic E-state index is -1.65. The van der Waals surface area contributed by atoms with Crippen molar-refractivity contribution in [3.05, 3.63) is 0 Å². The fourth-order valence-electron chi connectivity index (χ4n) is 1.08. The van der Waals surface area contributed by atoms with Crippen molar-refractivity contribution in [1.82, 2.24) is 5.32 Å². The molecule has 0 fully saturated rings. The van der Waals surface area contributed by atoms with Crippen LogP contribution in [0.2, 0.25) is 0 Å². The third-order valence-electron chi connectivity index (χ3n) is 2.14. The Morgan fingerprint density at radius 2 is 2.00 bits per heavy atom. The molecule has 0 spiro atoms. The molecule has 0 aliphatic heterocycles. The number of rotatable bonds is 8. The molecule has 0 aromatic heterocycles. The second kappa shape index (κ2) is 6.79. The second-order valence-electron chi connectivity index (χ2n) is 3.82. The molecule has 0 aliphatic rings. The van der Waals surface area contributed by atoms with Gasteiger partial charge >= 0.3 is 5.97 Å². The summed E-state index contributed by atoms with van der Waals surface area (Å²) in [6.45, 7) is 4.31. The van der Waals surface area contributed by atoms with Gasteiger partial charge < -0.3 is 15.5 Å². The lowest BCUT2D eigenvalue weighted by molar-refractivity contribution is -0.156. The van der Waals surface area contributed by atoms with E-state index in [1.165, 1.54) is 19.8 Å². The van der Waals surface area contributed by atoms with Gasteiger partial charge in [-0.2, -0.15) is 0 Å². The molecule has 0 rings (SSSR count). The van der Waals surface area contributed by atoms with Crippen molar-refractivity contribution in [2.75, 3.05) is 13.1 Å². The molecule has 0 aromatic rings. The molecular formula is C10H21NO3. The van der Waals surface area contributed by atoms with E-state index >= 15 is 0 Å². The zero-order valence-corrected chi connectivity index (χ0v) is 9.05. The summed E-state index contributed by atoms with van der Waals surface area (Å²) >= 11 is 0. The van der Waals surface area contributed by atoms with Crippen molar-refractivity contribution in [2.24, 2.45) is 0 Å². The van der Waals surface area contributed by atoms with E-state index in [0.29, 0.717) is 0 Å². The number of hydrogen-bond donors (Lipinski definition) is 3. The Morgan fingerprint density at radius 3 is 2.50 bits per heavy atom. The van der Waals surface area contributed by atoms with Crippen LogP contribution in [0, 0.1) is 0 Å². The summed E-state index contributed by atoms with van der Waals surface area (Å²) in [6.07, 6.45) is 4.58. The monoisotopic (exact) mass is 203 g/mol. The number of carbonyl (C=O) groups is 1. The summed E-state index contributed by atoms with van der Waals surface area (Å²) in [5, 5.41) is 20.9. The number of unbranched alkanes of at least 4 members (excludes halogenated alkanes) is 3. The summed E-state index contributed by atoms with van der Waals surface area (Å²) in [5.41, 5.74) is -1.65. The lowest BCUT2D eigenvalue weighted by Gasteiger charge is -2.18. The number of hydrogen-bond acceptors (Lipinski definition) is 3. The molecule has 0 amide bonds. The van der Waals surface area contributed by atoms with Gasteiger partial charge in [-0.15, -0.1) is 0 Å². The van der Waals surface area contributed by atoms with E-state index in [2.05, 4.69) is 12.2 Å². The number of aliphatic carboxylic acids is 1. The van der Waals surface area contributed by atoms with E-state index in [4.69, 9.17) is 5.11 Å². The van der Waals surface area contributed by atoms with Crippen LogP contribution in [0.4, 0.5) is 0 Å². The van der Waals surface area contributed by atoms with Gasteiger partial charge in [-0.1, -0.05) is 26.2 Å². The van der Waals surface area contributed by atoms with Crippen molar-refractivity contribution in [3.63, 3.8) is 0 Å². The van der Waals surface area contributed by atoms with Crippen LogP contribution < -0.4 is 5.32 Å². The van der Waals surface area contributed by atoms with Crippen molar-refractivity contribution < 1.29 is 15.0 Å². The van der Waals surface area contributed by atoms with Gasteiger partial charge in [0.2, 0.25) is 0 Å². The van der Waals surface area contributed by atoms with Crippen molar-refractivity contribution in [2.45, 2.75) is 45.1 Å². The van der Waals surface area contributed by atoms with Crippen molar-refractivity contribution >= 4 is 5.97 Å². The Labute approximate surface area is 85.3 Å². The first-order valence-corrected chi connectivity index (χ1v) is 5.17. The standard InChI is InChI=1S/C10H21NO3/c1-3-4-5-6-7-11-8-10(2,14)9(12)13/h11,14H,3-8H2,1-2H3,(H,12,13). The first-order valence-electron chi connectivity index (χ1n) is 5.17. The van der Waals surface area contributed by atoms with Gasteiger partial charge in [-0.05, 0) is 19.9 Å². The predicted molar refractivity (Wildman–Crippen MR) is 55.3 cm³/mol. The lowest BCUT2D eigenvalue weighted by Crippen LogP contribution is -2.45. The normalized spacial score (nSPS) is 15.1. The van der Waals surface area contributed by atoms with Gasteiger partial charge in [0.15, 0.2) is 5.60 Å². The average Bonchev–Trinajstić information content (AvgIpc) is 2.10. The number of nitrogens with one attached hydrogen (secondary N) is 1. The first kappa shape index (κ1) is 13.4. The van der Waals surface area contributed by atoms with Crippen LogP contribution in [-0.2, 0) is 4.79 Å². The van der Waals surface area contributed by atoms with E-state index in [1.807, 2.05) is 0 Å². The smallest absolute Gasteiger partial charge is 0.336 e. The predicted octanol–water partition coefficient (Wildman–Crippen LogP) is 0.992. The molecule has 3 N–H and O–H groups in total. The summed E-state index contributed by atoms with van der Waals surface area (Å²) in [7, 11) is 0. The highest BCUT2D eigenvalue weighted by molar-refractivity contribution is 5.76. The zero-order chi connectivity index (χ0) is 11.0. The molecule has 0 saturated heterocycles. The molecule has 14 heavy (non-hydrogen) atoms. The van der Waals surface area contributed by atoms with Crippen LogP contribution in [0.1, 0.15) is 39.5 Å². The molecule has 0 aromatic carbocycles. The molecule has 4 nitrogen and oxygen atoms in total. The third-order valence-corrected chi connectivity index (χ3v) is 2.14. The second-order valence-corrected chi connectivity index (χ2v) is 3.82. The van der Waals surface area contributed by atoms with E-state index in [-0.39, 0.29) is 6.54 Å². The van der Waals surface area contributed by atoms with Crippen LogP contribution in [0.3, 0.4) is 0 Å². The molecule has 0 aliphatic carbocycles. The Hall–Kier alpha value is -0.610. The maximum absolute atomic E-state index is 10.5. The van der Waals surface area contributed by atoms with Crippen LogP contribution in [0.5, 0.6) is 0 Å². The van der Waals surface area contributed by atoms with Crippen molar-refractivity contribution in [1.29, 1.82) is 0 Å². The van der Waals surface area contributed by atoms with E-state index in [1.54, 1.807) is 0 Å². The minimum Gasteiger partial charge on any atom is -0.479 e. The van der Waals surface area contributed by atoms with E-state index in [9.17, 15) is 9.90 Å². The lowest BCUT2D eigenvalue weighted by atomic mass is 10.1. The highest BCUT2D eigenvalue weighted by Crippen LogP contribution is 2.01. The van der Waals surface area contributed by atoms with Gasteiger partial charge in [0.1, 0.15) is 0 Å². The van der Waals surface area contributed by atoms with Gasteiger partial charge in [0, 0.05) is 6.54 Å². The Balaban J connectivity index is 3.40. The summed E-state index contributed by atoms with van der Waals surface area (Å²) in [6, 6.07) is 0. The van der Waals surface area contributed by atoms with Crippen LogP contribution in [-0.4, -0.2) is 34.9 Å². The topological polar surface area (TPSA) is 69.6 Å². The number of aliphatic hydroxyl groups is 1. The first-order chi connectivity index (χ1) is 6.50. The van der Waals surface area contributed by atoms with Gasteiger partial charge in [-0.25, -0.2) is 4.79 Å². The molecule has 4 heteroatoms. The van der Waals surface area contributed by atoms with Crippen molar-refractivity contribution in [3.8, 4) is 0 Å². The Morgan fingerprint density at radius 1 is 1.36 bits per heavy atom. The fourth-order valence-corrected chi connectivity index (χ4v) is 1.08. The van der Waals surface area contributed by atoms with Crippen LogP contribution >= 0.6 is 0 Å². The summed E-state index contributed by atoms with van der Waals surface area (Å²) in [4.78, 5) is 10.5. The van der Waals surface area contributed by atoms with Gasteiger partial charge in [0.05, 0.1) is 0 Å². The summed E-state index contributed by atoms with van der Waals surface area (Å²) in [5.74, 6) is -1.18. The molecule has 1 unspecified atom stereocenters. The fraction of sp³-hybridized carbons (Fsp3) is 0.900. The Kier molecular flexibility index (Phi) is 6.49. The van der Waals surface area contributed by atoms with E-state index < -0.39 is 11.6 Å². The molecule has 0 bridgehead atoms. The maximum atomic E-state index is 10.5. The molecule has 0 saturated carbocycles. The Bertz CT molecular complexity index is 169. The van der Waals surface area contributed by atoms with E-state index in [0.717, 1.165) is 19.4 Å². The SMILES string of the molecule is CCCCCCNCC(C)(O)C(=O)O. The highest BCUT2D eigenvalue weighted by Gasteiger charge is 2.28.